The molecular weight excluding hydrogens is 232 g/mol. The second-order valence-electron chi connectivity index (χ2n) is 3.72. The number of nitrogens with two attached hydrogens (primary N) is 1. The molecule has 2 rings (SSSR count). The Kier molecular flexibility index (Phi) is 3.38. The molecule has 0 aliphatic heterocycles. The summed E-state index contributed by atoms with van der Waals surface area (Å²) in [6.07, 6.45) is 3.37. The number of pyridine rings is 1. The van der Waals surface area contributed by atoms with Gasteiger partial charge in [0.05, 0.1) is 4.92 Å². The fourth-order valence-electron chi connectivity index (χ4n) is 1.61. The lowest BCUT2D eigenvalue weighted by atomic mass is 10.2. The molecule has 0 saturated carbocycles. The second kappa shape index (κ2) is 5.13. The zero-order chi connectivity index (χ0) is 13.0. The van der Waals surface area contributed by atoms with Crippen molar-refractivity contribution >= 4 is 17.1 Å². The molecule has 1 aromatic heterocycles. The molecule has 0 aliphatic carbocycles. The van der Waals surface area contributed by atoms with Gasteiger partial charge in [0.15, 0.2) is 0 Å². The quantitative estimate of drug-likeness (QED) is 0.488. The number of anilines is 2. The van der Waals surface area contributed by atoms with Crippen LogP contribution in [-0.4, -0.2) is 9.91 Å². The van der Waals surface area contributed by atoms with E-state index < -0.39 is 4.92 Å². The normalized spacial score (nSPS) is 10.0. The number of aromatic nitrogens is 1. The minimum absolute atomic E-state index is 0.0959. The minimum atomic E-state index is -0.485. The van der Waals surface area contributed by atoms with Crippen molar-refractivity contribution in [1.29, 1.82) is 0 Å². The molecule has 0 amide bonds. The van der Waals surface area contributed by atoms with Crippen molar-refractivity contribution in [3.05, 3.63) is 58.4 Å². The molecule has 6 nitrogen and oxygen atoms in total. The zero-order valence-electron chi connectivity index (χ0n) is 9.54. The smallest absolute Gasteiger partial charge is 0.314 e. The van der Waals surface area contributed by atoms with Crippen LogP contribution in [-0.2, 0) is 6.54 Å². The van der Waals surface area contributed by atoms with E-state index in [1.54, 1.807) is 24.5 Å². The van der Waals surface area contributed by atoms with E-state index in [1.807, 2.05) is 12.1 Å². The van der Waals surface area contributed by atoms with Crippen LogP contribution < -0.4 is 11.1 Å². The molecule has 1 heterocycles. The highest BCUT2D eigenvalue weighted by Gasteiger charge is 2.17. The molecule has 0 radical (unpaired) electrons. The minimum Gasteiger partial charge on any atom is -0.393 e. The lowest BCUT2D eigenvalue weighted by Crippen LogP contribution is -2.04. The van der Waals surface area contributed by atoms with E-state index in [0.29, 0.717) is 12.2 Å². The summed E-state index contributed by atoms with van der Waals surface area (Å²) in [5, 5.41) is 13.9. The van der Waals surface area contributed by atoms with Crippen LogP contribution in [0.3, 0.4) is 0 Å². The number of nitro benzene ring substituents is 1. The number of nitrogens with zero attached hydrogens (tertiary/aromatic N) is 2. The molecule has 18 heavy (non-hydrogen) atoms. The third kappa shape index (κ3) is 2.54. The molecule has 6 heteroatoms. The molecule has 0 fully saturated rings. The average Bonchev–Trinajstić information content (AvgIpc) is 2.37. The van der Waals surface area contributed by atoms with Gasteiger partial charge in [0.1, 0.15) is 11.4 Å². The van der Waals surface area contributed by atoms with Crippen molar-refractivity contribution in [2.45, 2.75) is 6.54 Å². The number of hydrogen-bond donors (Lipinski definition) is 2. The van der Waals surface area contributed by atoms with E-state index in [9.17, 15) is 10.1 Å². The summed E-state index contributed by atoms with van der Waals surface area (Å²) in [7, 11) is 0. The first-order valence-corrected chi connectivity index (χ1v) is 5.34. The Hall–Kier alpha value is -2.63. The van der Waals surface area contributed by atoms with Crippen molar-refractivity contribution in [2.75, 3.05) is 11.1 Å². The van der Waals surface area contributed by atoms with Gasteiger partial charge in [-0.25, -0.2) is 0 Å². The number of rotatable bonds is 4. The largest absolute Gasteiger partial charge is 0.393 e. The summed E-state index contributed by atoms with van der Waals surface area (Å²) in [6.45, 7) is 0.456. The Balaban J connectivity index is 2.20. The van der Waals surface area contributed by atoms with E-state index >= 15 is 0 Å². The highest BCUT2D eigenvalue weighted by atomic mass is 16.6. The molecular formula is C12H12N4O2. The van der Waals surface area contributed by atoms with Gasteiger partial charge >= 0.3 is 5.69 Å². The monoisotopic (exact) mass is 244 g/mol. The number of benzene rings is 1. The summed E-state index contributed by atoms with van der Waals surface area (Å²) in [5.74, 6) is 0. The van der Waals surface area contributed by atoms with Gasteiger partial charge in [0.25, 0.3) is 0 Å². The number of hydrogen-bond acceptors (Lipinski definition) is 5. The van der Waals surface area contributed by atoms with Crippen LogP contribution in [0.2, 0.25) is 0 Å². The molecule has 1 aromatic carbocycles. The second-order valence-corrected chi connectivity index (χ2v) is 3.72. The van der Waals surface area contributed by atoms with Crippen LogP contribution in [0.15, 0.2) is 42.7 Å². The fourth-order valence-corrected chi connectivity index (χ4v) is 1.61. The third-order valence-corrected chi connectivity index (χ3v) is 2.46. The SMILES string of the molecule is Nc1cccc(NCc2cccnc2)c1[N+](=O)[O-]. The van der Waals surface area contributed by atoms with Gasteiger partial charge in [0, 0.05) is 18.9 Å². The van der Waals surface area contributed by atoms with Crippen LogP contribution >= 0.6 is 0 Å². The number of nitrogens with one attached hydrogen (secondary N) is 1. The Morgan fingerprint density at radius 1 is 1.33 bits per heavy atom. The highest BCUT2D eigenvalue weighted by Crippen LogP contribution is 2.30. The Morgan fingerprint density at radius 2 is 2.17 bits per heavy atom. The summed E-state index contributed by atoms with van der Waals surface area (Å²) in [4.78, 5) is 14.4. The van der Waals surface area contributed by atoms with Gasteiger partial charge in [0.2, 0.25) is 0 Å². The first kappa shape index (κ1) is 11.8. The number of nitro groups is 1. The molecule has 0 bridgehead atoms. The average molecular weight is 244 g/mol. The lowest BCUT2D eigenvalue weighted by Gasteiger charge is -2.08. The van der Waals surface area contributed by atoms with Crippen molar-refractivity contribution in [3.63, 3.8) is 0 Å². The van der Waals surface area contributed by atoms with Crippen molar-refractivity contribution in [2.24, 2.45) is 0 Å². The zero-order valence-corrected chi connectivity index (χ0v) is 9.54. The summed E-state index contributed by atoms with van der Waals surface area (Å²) in [6, 6.07) is 8.51. The van der Waals surface area contributed by atoms with E-state index in [2.05, 4.69) is 10.3 Å². The topological polar surface area (TPSA) is 94.1 Å². The molecule has 0 saturated heterocycles. The van der Waals surface area contributed by atoms with Gasteiger partial charge in [-0.3, -0.25) is 15.1 Å². The Bertz CT molecular complexity index is 557. The standard InChI is InChI=1S/C12H12N4O2/c13-10-4-1-5-11(12(10)16(17)18)15-8-9-3-2-6-14-7-9/h1-7,15H,8,13H2. The van der Waals surface area contributed by atoms with Gasteiger partial charge in [-0.2, -0.15) is 0 Å². The molecule has 3 N–H and O–H groups in total. The van der Waals surface area contributed by atoms with Crippen LogP contribution in [0, 0.1) is 10.1 Å². The maximum Gasteiger partial charge on any atom is 0.314 e. The van der Waals surface area contributed by atoms with Gasteiger partial charge in [-0.05, 0) is 23.8 Å². The first-order valence-electron chi connectivity index (χ1n) is 5.34. The van der Waals surface area contributed by atoms with Gasteiger partial charge < -0.3 is 11.1 Å². The Labute approximate surface area is 104 Å². The highest BCUT2D eigenvalue weighted by molar-refractivity contribution is 5.74. The molecule has 0 atom stereocenters. The molecule has 0 unspecified atom stereocenters. The number of nitrogen functional groups attached to an aromatic ring is 1. The van der Waals surface area contributed by atoms with Crippen LogP contribution in [0.25, 0.3) is 0 Å². The molecule has 0 spiro atoms. The Morgan fingerprint density at radius 3 is 2.83 bits per heavy atom. The maximum absolute atomic E-state index is 10.9. The van der Waals surface area contributed by atoms with E-state index in [-0.39, 0.29) is 11.4 Å². The summed E-state index contributed by atoms with van der Waals surface area (Å²) >= 11 is 0. The molecule has 0 aliphatic rings. The van der Waals surface area contributed by atoms with E-state index in [4.69, 9.17) is 5.73 Å². The van der Waals surface area contributed by atoms with Crippen molar-refractivity contribution in [1.82, 2.24) is 4.98 Å². The van der Waals surface area contributed by atoms with Crippen LogP contribution in [0.4, 0.5) is 17.1 Å². The lowest BCUT2D eigenvalue weighted by molar-refractivity contribution is -0.383. The first-order chi connectivity index (χ1) is 8.68. The maximum atomic E-state index is 10.9. The van der Waals surface area contributed by atoms with Gasteiger partial charge in [-0.1, -0.05) is 12.1 Å². The van der Waals surface area contributed by atoms with E-state index in [1.165, 1.54) is 6.07 Å². The number of para-hydroxylation sites is 1. The summed E-state index contributed by atoms with van der Waals surface area (Å²) < 4.78 is 0. The van der Waals surface area contributed by atoms with Gasteiger partial charge in [-0.15, -0.1) is 0 Å². The van der Waals surface area contributed by atoms with Crippen molar-refractivity contribution < 1.29 is 4.92 Å². The summed E-state index contributed by atoms with van der Waals surface area (Å²) in [5.41, 5.74) is 7.00. The van der Waals surface area contributed by atoms with Crippen LogP contribution in [0.5, 0.6) is 0 Å². The van der Waals surface area contributed by atoms with E-state index in [0.717, 1.165) is 5.56 Å². The van der Waals surface area contributed by atoms with Crippen molar-refractivity contribution in [3.8, 4) is 0 Å². The predicted octanol–water partition coefficient (Wildman–Crippen LogP) is 2.18. The van der Waals surface area contributed by atoms with Crippen LogP contribution in [0.1, 0.15) is 5.56 Å². The molecule has 2 aromatic rings. The third-order valence-electron chi connectivity index (χ3n) is 2.46. The fraction of sp³-hybridized carbons (Fsp3) is 0.0833. The molecule has 92 valence electrons. The predicted molar refractivity (Wildman–Crippen MR) is 69.1 cm³/mol.